The number of halogens is 2. The number of carbonyl (C=O) groups is 1. The molecule has 0 aromatic heterocycles. The monoisotopic (exact) mass is 438 g/mol. The van der Waals surface area contributed by atoms with E-state index in [4.69, 9.17) is 23.2 Å². The smallest absolute Gasteiger partial charge is 0.243 e. The average Bonchev–Trinajstić information content (AvgIpc) is 3.49. The SMILES string of the molecule is O=C(N1CCN(S(=O)(=O)c2cc(Cl)cc(Cl)c2)CC1)C1(c2ccccc2)CC1. The molecule has 0 unspecified atom stereocenters. The first-order chi connectivity index (χ1) is 13.3. The van der Waals surface area contributed by atoms with Gasteiger partial charge < -0.3 is 4.90 Å². The Labute approximate surface area is 174 Å². The van der Waals surface area contributed by atoms with Gasteiger partial charge in [0, 0.05) is 36.2 Å². The third kappa shape index (κ3) is 3.54. The molecular weight excluding hydrogens is 419 g/mol. The van der Waals surface area contributed by atoms with E-state index in [1.54, 1.807) is 4.90 Å². The second kappa shape index (κ2) is 7.34. The molecule has 1 aliphatic heterocycles. The van der Waals surface area contributed by atoms with Crippen LogP contribution >= 0.6 is 23.2 Å². The number of hydrogen-bond acceptors (Lipinski definition) is 3. The van der Waals surface area contributed by atoms with E-state index in [1.165, 1.54) is 22.5 Å². The Balaban J connectivity index is 1.47. The van der Waals surface area contributed by atoms with Crippen molar-refractivity contribution >= 4 is 39.1 Å². The number of benzene rings is 2. The number of hydrogen-bond donors (Lipinski definition) is 0. The maximum absolute atomic E-state index is 13.1. The zero-order chi connectivity index (χ0) is 19.9. The molecule has 1 saturated heterocycles. The summed E-state index contributed by atoms with van der Waals surface area (Å²) in [4.78, 5) is 15.0. The minimum absolute atomic E-state index is 0.0766. The molecule has 28 heavy (non-hydrogen) atoms. The molecular formula is C20H20Cl2N2O3S. The second-order valence-corrected chi connectivity index (χ2v) is 10.1. The molecule has 0 radical (unpaired) electrons. The van der Waals surface area contributed by atoms with Crippen LogP contribution in [0.5, 0.6) is 0 Å². The van der Waals surface area contributed by atoms with Gasteiger partial charge in [0.2, 0.25) is 15.9 Å². The highest BCUT2D eigenvalue weighted by Crippen LogP contribution is 2.49. The maximum Gasteiger partial charge on any atom is 0.243 e. The van der Waals surface area contributed by atoms with Crippen LogP contribution in [0.1, 0.15) is 18.4 Å². The van der Waals surface area contributed by atoms with Crippen LogP contribution in [0.3, 0.4) is 0 Å². The molecule has 0 bridgehead atoms. The van der Waals surface area contributed by atoms with Gasteiger partial charge >= 0.3 is 0 Å². The number of rotatable bonds is 4. The molecule has 1 amide bonds. The van der Waals surface area contributed by atoms with Gasteiger partial charge in [-0.2, -0.15) is 4.31 Å². The van der Waals surface area contributed by atoms with Gasteiger partial charge in [-0.3, -0.25) is 4.79 Å². The first-order valence-electron chi connectivity index (χ1n) is 9.14. The molecule has 2 fully saturated rings. The molecule has 0 spiro atoms. The van der Waals surface area contributed by atoms with Gasteiger partial charge in [-0.1, -0.05) is 53.5 Å². The molecule has 2 aromatic carbocycles. The van der Waals surface area contributed by atoms with Crippen LogP contribution in [0.4, 0.5) is 0 Å². The second-order valence-electron chi connectivity index (χ2n) is 7.25. The van der Waals surface area contributed by atoms with E-state index in [2.05, 4.69) is 0 Å². The molecule has 1 saturated carbocycles. The van der Waals surface area contributed by atoms with Crippen molar-refractivity contribution in [3.63, 3.8) is 0 Å². The van der Waals surface area contributed by atoms with Crippen LogP contribution in [0.25, 0.3) is 0 Å². The maximum atomic E-state index is 13.1. The van der Waals surface area contributed by atoms with Crippen LogP contribution in [-0.4, -0.2) is 49.7 Å². The normalized spacial score (nSPS) is 19.4. The lowest BCUT2D eigenvalue weighted by Gasteiger charge is -2.36. The first-order valence-corrected chi connectivity index (χ1v) is 11.3. The van der Waals surface area contributed by atoms with Crippen LogP contribution in [0, 0.1) is 0 Å². The van der Waals surface area contributed by atoms with Gasteiger partial charge in [-0.15, -0.1) is 0 Å². The summed E-state index contributed by atoms with van der Waals surface area (Å²) in [6, 6.07) is 14.1. The summed E-state index contributed by atoms with van der Waals surface area (Å²) in [5.41, 5.74) is 0.617. The minimum Gasteiger partial charge on any atom is -0.339 e. The lowest BCUT2D eigenvalue weighted by molar-refractivity contribution is -0.135. The molecule has 4 rings (SSSR count). The summed E-state index contributed by atoms with van der Waals surface area (Å²) in [5, 5.41) is 0.553. The first kappa shape index (κ1) is 19.7. The fourth-order valence-electron chi connectivity index (χ4n) is 3.77. The Morgan fingerprint density at radius 1 is 0.893 bits per heavy atom. The third-order valence-corrected chi connectivity index (χ3v) is 7.80. The van der Waals surface area contributed by atoms with Gasteiger partial charge in [0.15, 0.2) is 0 Å². The predicted octanol–water partition coefficient (Wildman–Crippen LogP) is 3.56. The van der Waals surface area contributed by atoms with Crippen molar-refractivity contribution in [2.75, 3.05) is 26.2 Å². The van der Waals surface area contributed by atoms with Crippen molar-refractivity contribution in [3.05, 3.63) is 64.1 Å². The molecule has 1 heterocycles. The molecule has 1 aliphatic carbocycles. The Kier molecular flexibility index (Phi) is 5.16. The van der Waals surface area contributed by atoms with Crippen LogP contribution in [0.2, 0.25) is 10.0 Å². The van der Waals surface area contributed by atoms with E-state index in [0.717, 1.165) is 18.4 Å². The highest BCUT2D eigenvalue weighted by atomic mass is 35.5. The number of sulfonamides is 1. The van der Waals surface area contributed by atoms with E-state index in [9.17, 15) is 13.2 Å². The fraction of sp³-hybridized carbons (Fsp3) is 0.350. The van der Waals surface area contributed by atoms with Crippen LogP contribution < -0.4 is 0 Å². The fourth-order valence-corrected chi connectivity index (χ4v) is 5.92. The zero-order valence-corrected chi connectivity index (χ0v) is 17.5. The quantitative estimate of drug-likeness (QED) is 0.732. The van der Waals surface area contributed by atoms with Crippen LogP contribution in [-0.2, 0) is 20.2 Å². The Hall–Kier alpha value is -1.60. The summed E-state index contributed by atoms with van der Waals surface area (Å²) in [6.45, 7) is 1.26. The van der Waals surface area contributed by atoms with E-state index in [1.807, 2.05) is 30.3 Å². The summed E-state index contributed by atoms with van der Waals surface area (Å²) in [6.07, 6.45) is 1.69. The predicted molar refractivity (Wildman–Crippen MR) is 109 cm³/mol. The van der Waals surface area contributed by atoms with Crippen molar-refractivity contribution < 1.29 is 13.2 Å². The van der Waals surface area contributed by atoms with Gasteiger partial charge in [-0.25, -0.2) is 8.42 Å². The Morgan fingerprint density at radius 2 is 1.46 bits per heavy atom. The largest absolute Gasteiger partial charge is 0.339 e. The molecule has 0 atom stereocenters. The van der Waals surface area contributed by atoms with E-state index < -0.39 is 15.4 Å². The topological polar surface area (TPSA) is 57.7 Å². The highest BCUT2D eigenvalue weighted by molar-refractivity contribution is 7.89. The molecule has 2 aromatic rings. The van der Waals surface area contributed by atoms with Gasteiger partial charge in [0.1, 0.15) is 0 Å². The number of amides is 1. The van der Waals surface area contributed by atoms with Crippen molar-refractivity contribution in [3.8, 4) is 0 Å². The van der Waals surface area contributed by atoms with Crippen molar-refractivity contribution in [1.29, 1.82) is 0 Å². The van der Waals surface area contributed by atoms with E-state index in [0.29, 0.717) is 13.1 Å². The number of piperazine rings is 1. The van der Waals surface area contributed by atoms with E-state index >= 15 is 0 Å². The Bertz CT molecular complexity index is 979. The molecule has 5 nitrogen and oxygen atoms in total. The average molecular weight is 439 g/mol. The summed E-state index contributed by atoms with van der Waals surface area (Å²) in [7, 11) is -3.70. The minimum atomic E-state index is -3.70. The number of carbonyl (C=O) groups excluding carboxylic acids is 1. The summed E-state index contributed by atoms with van der Waals surface area (Å²) < 4.78 is 27.2. The summed E-state index contributed by atoms with van der Waals surface area (Å²) >= 11 is 11.9. The summed E-state index contributed by atoms with van der Waals surface area (Å²) in [5.74, 6) is 0.0987. The van der Waals surface area contributed by atoms with Crippen molar-refractivity contribution in [1.82, 2.24) is 9.21 Å². The number of nitrogens with zero attached hydrogens (tertiary/aromatic N) is 2. The van der Waals surface area contributed by atoms with Crippen molar-refractivity contribution in [2.45, 2.75) is 23.2 Å². The lowest BCUT2D eigenvalue weighted by atomic mass is 9.94. The van der Waals surface area contributed by atoms with Crippen LogP contribution in [0.15, 0.2) is 53.4 Å². The standard InChI is InChI=1S/C20H20Cl2N2O3S/c21-16-12-17(22)14-18(13-16)28(26,27)24-10-8-23(9-11-24)19(25)20(6-7-20)15-4-2-1-3-5-15/h1-5,12-14H,6-11H2. The Morgan fingerprint density at radius 3 is 2.00 bits per heavy atom. The third-order valence-electron chi connectivity index (χ3n) is 5.49. The molecule has 0 N–H and O–H groups in total. The molecule has 148 valence electrons. The molecule has 2 aliphatic rings. The van der Waals surface area contributed by atoms with Gasteiger partial charge in [0.25, 0.3) is 0 Å². The van der Waals surface area contributed by atoms with E-state index in [-0.39, 0.29) is 33.9 Å². The highest BCUT2D eigenvalue weighted by Gasteiger charge is 2.53. The molecule has 8 heteroatoms. The lowest BCUT2D eigenvalue weighted by Crippen LogP contribution is -2.52. The van der Waals surface area contributed by atoms with Gasteiger partial charge in [-0.05, 0) is 36.6 Å². The van der Waals surface area contributed by atoms with Crippen molar-refractivity contribution in [2.24, 2.45) is 0 Å². The zero-order valence-electron chi connectivity index (χ0n) is 15.1. The van der Waals surface area contributed by atoms with Gasteiger partial charge in [0.05, 0.1) is 10.3 Å².